The van der Waals surface area contributed by atoms with Crippen LogP contribution in [-0.2, 0) is 12.7 Å². The van der Waals surface area contributed by atoms with Gasteiger partial charge in [-0.3, -0.25) is 4.98 Å². The molecule has 28 heavy (non-hydrogen) atoms. The number of nitrogens with zero attached hydrogens (tertiary/aromatic N) is 1. The number of aromatic nitrogens is 1. The summed E-state index contributed by atoms with van der Waals surface area (Å²) in [5.41, 5.74) is 1.33. The van der Waals surface area contributed by atoms with E-state index < -0.39 is 11.7 Å². The van der Waals surface area contributed by atoms with Crippen LogP contribution in [-0.4, -0.2) is 17.1 Å². The topological polar surface area (TPSA) is 37.0 Å². The maximum absolute atomic E-state index is 12.9. The molecule has 2 N–H and O–H groups in total. The van der Waals surface area contributed by atoms with E-state index >= 15 is 0 Å². The van der Waals surface area contributed by atoms with Gasteiger partial charge in [0, 0.05) is 40.9 Å². The van der Waals surface area contributed by atoms with Gasteiger partial charge in [-0.25, -0.2) is 0 Å². The number of anilines is 1. The van der Waals surface area contributed by atoms with Crippen molar-refractivity contribution in [3.8, 4) is 0 Å². The fraction of sp³-hybridized carbons (Fsp3) is 0.286. The molecule has 0 spiro atoms. The molecule has 3 nitrogen and oxygen atoms in total. The first-order chi connectivity index (χ1) is 13.1. The smallest absolute Gasteiger partial charge is 0.383 e. The van der Waals surface area contributed by atoms with E-state index in [1.165, 1.54) is 12.1 Å². The molecule has 1 aromatic heterocycles. The summed E-state index contributed by atoms with van der Waals surface area (Å²) in [6.45, 7) is 4.90. The maximum atomic E-state index is 12.9. The monoisotopic (exact) mass is 407 g/mol. The van der Waals surface area contributed by atoms with Crippen molar-refractivity contribution in [3.63, 3.8) is 0 Å². The highest BCUT2D eigenvalue weighted by molar-refractivity contribution is 6.31. The number of benzene rings is 2. The molecule has 0 radical (unpaired) electrons. The summed E-state index contributed by atoms with van der Waals surface area (Å²) in [5.74, 6) is 0. The fourth-order valence-electron chi connectivity index (χ4n) is 2.85. The Morgan fingerprint density at radius 2 is 1.82 bits per heavy atom. The number of rotatable bonds is 6. The van der Waals surface area contributed by atoms with Crippen molar-refractivity contribution in [2.24, 2.45) is 0 Å². The number of hydrogen-bond donors (Lipinski definition) is 2. The molecular weight excluding hydrogens is 387 g/mol. The van der Waals surface area contributed by atoms with Crippen LogP contribution in [0.4, 0.5) is 18.9 Å². The maximum Gasteiger partial charge on any atom is 0.416 e. The van der Waals surface area contributed by atoms with Crippen LogP contribution >= 0.6 is 11.6 Å². The summed E-state index contributed by atoms with van der Waals surface area (Å²) in [6.07, 6.45) is -2.62. The van der Waals surface area contributed by atoms with Gasteiger partial charge in [-0.15, -0.1) is 0 Å². The molecule has 0 amide bonds. The molecule has 0 saturated heterocycles. The summed E-state index contributed by atoms with van der Waals surface area (Å²) in [7, 11) is 0. The summed E-state index contributed by atoms with van der Waals surface area (Å²) in [5, 5.41) is 8.29. The Kier molecular flexibility index (Phi) is 5.82. The van der Waals surface area contributed by atoms with E-state index in [-0.39, 0.29) is 5.54 Å². The second-order valence-electron chi connectivity index (χ2n) is 7.31. The summed E-state index contributed by atoms with van der Waals surface area (Å²) in [6, 6.07) is 12.8. The van der Waals surface area contributed by atoms with Gasteiger partial charge < -0.3 is 10.6 Å². The molecule has 0 atom stereocenters. The van der Waals surface area contributed by atoms with E-state index in [1.807, 2.05) is 32.0 Å². The Morgan fingerprint density at radius 1 is 1.04 bits per heavy atom. The zero-order valence-corrected chi connectivity index (χ0v) is 16.3. The Morgan fingerprint density at radius 3 is 2.57 bits per heavy atom. The summed E-state index contributed by atoms with van der Waals surface area (Å²) >= 11 is 6.02. The first-order valence-corrected chi connectivity index (χ1v) is 9.21. The van der Waals surface area contributed by atoms with Crippen molar-refractivity contribution in [1.29, 1.82) is 0 Å². The van der Waals surface area contributed by atoms with Crippen LogP contribution in [0, 0.1) is 0 Å². The lowest BCUT2D eigenvalue weighted by molar-refractivity contribution is -0.137. The summed E-state index contributed by atoms with van der Waals surface area (Å²) < 4.78 is 38.6. The molecule has 2 aromatic carbocycles. The lowest BCUT2D eigenvalue weighted by Crippen LogP contribution is -2.44. The van der Waals surface area contributed by atoms with E-state index in [1.54, 1.807) is 18.3 Å². The number of pyridine rings is 1. The van der Waals surface area contributed by atoms with E-state index in [0.29, 0.717) is 23.7 Å². The van der Waals surface area contributed by atoms with Gasteiger partial charge in [0.25, 0.3) is 0 Å². The highest BCUT2D eigenvalue weighted by Crippen LogP contribution is 2.29. The minimum atomic E-state index is -4.33. The molecule has 0 aliphatic rings. The van der Waals surface area contributed by atoms with Gasteiger partial charge in [-0.2, -0.15) is 13.2 Å². The number of fused-ring (bicyclic) bond motifs is 1. The van der Waals surface area contributed by atoms with E-state index in [4.69, 9.17) is 11.6 Å². The minimum Gasteiger partial charge on any atom is -0.383 e. The molecule has 0 saturated carbocycles. The van der Waals surface area contributed by atoms with Crippen molar-refractivity contribution in [3.05, 3.63) is 70.9 Å². The normalized spacial score (nSPS) is 12.4. The highest BCUT2D eigenvalue weighted by atomic mass is 35.5. The molecule has 1 heterocycles. The van der Waals surface area contributed by atoms with E-state index in [0.717, 1.165) is 22.7 Å². The van der Waals surface area contributed by atoms with Crippen molar-refractivity contribution in [1.82, 2.24) is 10.3 Å². The molecule has 0 unspecified atom stereocenters. The SMILES string of the molecule is CC(C)(CNc1ccnc2cc(Cl)ccc12)NCc1cccc(C(F)(F)F)c1. The summed E-state index contributed by atoms with van der Waals surface area (Å²) in [4.78, 5) is 4.32. The van der Waals surface area contributed by atoms with Crippen LogP contribution in [0.1, 0.15) is 25.0 Å². The first kappa shape index (κ1) is 20.4. The van der Waals surface area contributed by atoms with E-state index in [9.17, 15) is 13.2 Å². The van der Waals surface area contributed by atoms with Crippen molar-refractivity contribution >= 4 is 28.2 Å². The van der Waals surface area contributed by atoms with E-state index in [2.05, 4.69) is 15.6 Å². The second-order valence-corrected chi connectivity index (χ2v) is 7.75. The Balaban J connectivity index is 1.65. The van der Waals surface area contributed by atoms with Crippen LogP contribution in [0.3, 0.4) is 0 Å². The molecule has 7 heteroatoms. The third kappa shape index (κ3) is 5.14. The first-order valence-electron chi connectivity index (χ1n) is 8.83. The molecule has 3 aromatic rings. The van der Waals surface area contributed by atoms with Crippen LogP contribution in [0.2, 0.25) is 5.02 Å². The third-order valence-electron chi connectivity index (χ3n) is 4.45. The number of alkyl halides is 3. The average Bonchev–Trinajstić information content (AvgIpc) is 2.64. The number of hydrogen-bond acceptors (Lipinski definition) is 3. The van der Waals surface area contributed by atoms with Gasteiger partial charge >= 0.3 is 6.18 Å². The predicted octanol–water partition coefficient (Wildman–Crippen LogP) is 5.89. The number of halogens is 4. The molecule has 0 bridgehead atoms. The number of nitrogens with one attached hydrogen (secondary N) is 2. The second kappa shape index (κ2) is 7.97. The molecule has 148 valence electrons. The van der Waals surface area contributed by atoms with Gasteiger partial charge in [-0.1, -0.05) is 29.8 Å². The molecule has 0 aliphatic carbocycles. The van der Waals surface area contributed by atoms with Gasteiger partial charge in [0.2, 0.25) is 0 Å². The average molecular weight is 408 g/mol. The molecule has 3 rings (SSSR count). The Bertz CT molecular complexity index is 971. The largest absolute Gasteiger partial charge is 0.416 e. The molecule has 0 aliphatic heterocycles. The van der Waals surface area contributed by atoms with Crippen LogP contribution in [0.15, 0.2) is 54.7 Å². The highest BCUT2D eigenvalue weighted by Gasteiger charge is 2.30. The lowest BCUT2D eigenvalue weighted by Gasteiger charge is -2.28. The van der Waals surface area contributed by atoms with Gasteiger partial charge in [0.1, 0.15) is 0 Å². The van der Waals surface area contributed by atoms with Gasteiger partial charge in [-0.05, 0) is 49.7 Å². The lowest BCUT2D eigenvalue weighted by atomic mass is 10.0. The quantitative estimate of drug-likeness (QED) is 0.535. The van der Waals surface area contributed by atoms with Gasteiger partial charge in [0.15, 0.2) is 0 Å². The zero-order valence-electron chi connectivity index (χ0n) is 15.6. The predicted molar refractivity (Wildman–Crippen MR) is 108 cm³/mol. The van der Waals surface area contributed by atoms with Crippen molar-refractivity contribution in [2.45, 2.75) is 32.1 Å². The minimum absolute atomic E-state index is 0.339. The standard InChI is InChI=1S/C21H21ClF3N3/c1-20(2,28-12-14-4-3-5-15(10-14)21(23,24)25)13-27-18-8-9-26-19-11-16(22)6-7-17(18)19/h3-11,28H,12-13H2,1-2H3,(H,26,27). The molecular formula is C21H21ClF3N3. The van der Waals surface area contributed by atoms with Crippen LogP contribution in [0.25, 0.3) is 10.9 Å². The van der Waals surface area contributed by atoms with Crippen LogP contribution in [0.5, 0.6) is 0 Å². The fourth-order valence-corrected chi connectivity index (χ4v) is 3.02. The Labute approximate surface area is 166 Å². The molecule has 0 fully saturated rings. The van der Waals surface area contributed by atoms with Gasteiger partial charge in [0.05, 0.1) is 11.1 Å². The van der Waals surface area contributed by atoms with Crippen LogP contribution < -0.4 is 10.6 Å². The van der Waals surface area contributed by atoms with Crippen molar-refractivity contribution < 1.29 is 13.2 Å². The third-order valence-corrected chi connectivity index (χ3v) is 4.69. The van der Waals surface area contributed by atoms with Crippen molar-refractivity contribution in [2.75, 3.05) is 11.9 Å². The Hall–Kier alpha value is -2.31. The zero-order chi connectivity index (χ0) is 20.4.